The summed E-state index contributed by atoms with van der Waals surface area (Å²) in [4.78, 5) is 2.26. The van der Waals surface area contributed by atoms with Gasteiger partial charge < -0.3 is 14.6 Å². The lowest BCUT2D eigenvalue weighted by Gasteiger charge is -2.52. The monoisotopic (exact) mass is 411 g/mol. The minimum absolute atomic E-state index is 0.0108. The van der Waals surface area contributed by atoms with Crippen molar-refractivity contribution < 1.29 is 32.1 Å². The molecule has 0 spiro atoms. The highest BCUT2D eigenvalue weighted by atomic mass is 19.4. The predicted molar refractivity (Wildman–Crippen MR) is 96.6 cm³/mol. The van der Waals surface area contributed by atoms with Gasteiger partial charge in [-0.05, 0) is 30.5 Å². The number of halogens is 4. The van der Waals surface area contributed by atoms with Gasteiger partial charge in [-0.1, -0.05) is 30.3 Å². The molecule has 0 saturated carbocycles. The van der Waals surface area contributed by atoms with E-state index in [0.717, 1.165) is 11.6 Å². The average Bonchev–Trinajstić information content (AvgIpc) is 2.62. The van der Waals surface area contributed by atoms with Gasteiger partial charge in [-0.3, -0.25) is 4.90 Å². The molecule has 29 heavy (non-hydrogen) atoms. The Kier molecular flexibility index (Phi) is 5.27. The third-order valence-corrected chi connectivity index (χ3v) is 5.59. The lowest BCUT2D eigenvalue weighted by atomic mass is 9.76. The van der Waals surface area contributed by atoms with Crippen molar-refractivity contribution in [3.05, 3.63) is 65.5 Å². The van der Waals surface area contributed by atoms with E-state index in [1.165, 1.54) is 6.07 Å². The van der Waals surface area contributed by atoms with Gasteiger partial charge in [0, 0.05) is 30.3 Å². The fourth-order valence-corrected chi connectivity index (χ4v) is 4.39. The van der Waals surface area contributed by atoms with Gasteiger partial charge in [-0.2, -0.15) is 0 Å². The van der Waals surface area contributed by atoms with Gasteiger partial charge in [-0.25, -0.2) is 4.39 Å². The predicted octanol–water partition coefficient (Wildman–Crippen LogP) is 3.98. The number of benzene rings is 2. The van der Waals surface area contributed by atoms with Gasteiger partial charge >= 0.3 is 6.36 Å². The molecule has 156 valence electrons. The lowest BCUT2D eigenvalue weighted by Crippen LogP contribution is -2.60. The van der Waals surface area contributed by atoms with Crippen LogP contribution in [0.4, 0.5) is 17.6 Å². The molecule has 0 aromatic heterocycles. The second-order valence-corrected chi connectivity index (χ2v) is 7.63. The van der Waals surface area contributed by atoms with Crippen LogP contribution in [0.15, 0.2) is 48.5 Å². The molecule has 2 aromatic rings. The Morgan fingerprint density at radius 2 is 1.72 bits per heavy atom. The number of piperidine rings is 1. The summed E-state index contributed by atoms with van der Waals surface area (Å²) >= 11 is 0. The molecule has 2 aliphatic heterocycles. The van der Waals surface area contributed by atoms with Crippen LogP contribution in [-0.4, -0.2) is 41.7 Å². The second kappa shape index (κ2) is 7.59. The second-order valence-electron chi connectivity index (χ2n) is 7.63. The zero-order chi connectivity index (χ0) is 20.6. The Morgan fingerprint density at radius 3 is 2.31 bits per heavy atom. The van der Waals surface area contributed by atoms with E-state index >= 15 is 0 Å². The number of aliphatic hydroxyl groups is 1. The molecule has 2 saturated heterocycles. The Morgan fingerprint density at radius 1 is 1.07 bits per heavy atom. The number of fused-ring (bicyclic) bond motifs is 2. The Labute approximate surface area is 165 Å². The van der Waals surface area contributed by atoms with Crippen LogP contribution >= 0.6 is 0 Å². The van der Waals surface area contributed by atoms with E-state index < -0.39 is 23.5 Å². The maximum atomic E-state index is 14.6. The minimum Gasteiger partial charge on any atom is -0.406 e. The molecule has 8 heteroatoms. The molecule has 2 aliphatic rings. The van der Waals surface area contributed by atoms with Crippen molar-refractivity contribution in [3.8, 4) is 5.75 Å². The molecule has 1 N–H and O–H groups in total. The quantitative estimate of drug-likeness (QED) is 0.773. The average molecular weight is 411 g/mol. The van der Waals surface area contributed by atoms with Crippen LogP contribution < -0.4 is 4.74 Å². The molecule has 2 fully saturated rings. The summed E-state index contributed by atoms with van der Waals surface area (Å²) in [5.41, 5.74) is -0.356. The summed E-state index contributed by atoms with van der Waals surface area (Å²) in [5, 5.41) is 11.3. The Balaban J connectivity index is 1.55. The molecule has 0 amide bonds. The summed E-state index contributed by atoms with van der Waals surface area (Å²) in [6.07, 6.45) is -4.44. The number of hydrogen-bond acceptors (Lipinski definition) is 4. The van der Waals surface area contributed by atoms with E-state index in [1.54, 1.807) is 0 Å². The highest BCUT2D eigenvalue weighted by molar-refractivity contribution is 5.34. The minimum atomic E-state index is -4.90. The fraction of sp³-hybridized carbons (Fsp3) is 0.429. The van der Waals surface area contributed by atoms with Crippen LogP contribution in [0.1, 0.15) is 24.0 Å². The normalized spacial score (nSPS) is 27.6. The van der Waals surface area contributed by atoms with Crippen molar-refractivity contribution in [1.29, 1.82) is 0 Å². The van der Waals surface area contributed by atoms with E-state index in [4.69, 9.17) is 4.74 Å². The van der Waals surface area contributed by atoms with Crippen LogP contribution in [0.25, 0.3) is 0 Å². The lowest BCUT2D eigenvalue weighted by molar-refractivity contribution is -0.274. The summed E-state index contributed by atoms with van der Waals surface area (Å²) in [7, 11) is 0. The molecule has 4 nitrogen and oxygen atoms in total. The first kappa shape index (κ1) is 20.1. The molecule has 2 bridgehead atoms. The van der Waals surface area contributed by atoms with Crippen molar-refractivity contribution >= 4 is 0 Å². The maximum Gasteiger partial charge on any atom is 0.573 e. The number of alkyl halides is 3. The molecule has 2 aromatic carbocycles. The van der Waals surface area contributed by atoms with Gasteiger partial charge in [0.25, 0.3) is 0 Å². The SMILES string of the molecule is OC1(c2ccc(OC(F)(F)F)cc2F)CC2COCC(C1)N2Cc1ccccc1. The number of ether oxygens (including phenoxy) is 2. The first-order chi connectivity index (χ1) is 13.7. The van der Waals surface area contributed by atoms with Crippen LogP contribution in [-0.2, 0) is 16.9 Å². The third-order valence-electron chi connectivity index (χ3n) is 5.59. The summed E-state index contributed by atoms with van der Waals surface area (Å²) in [6.45, 7) is 1.50. The molecule has 2 atom stereocenters. The standard InChI is InChI=1S/C21H21F4NO3/c22-19-8-17(29-21(23,24)25)6-7-18(19)20(27)9-15-12-28-13-16(10-20)26(15)11-14-4-2-1-3-5-14/h1-8,15-16,27H,9-13H2. The zero-order valence-electron chi connectivity index (χ0n) is 15.5. The summed E-state index contributed by atoms with van der Waals surface area (Å²) < 4.78 is 61.1. The summed E-state index contributed by atoms with van der Waals surface area (Å²) in [6, 6.07) is 12.5. The first-order valence-electron chi connectivity index (χ1n) is 9.39. The largest absolute Gasteiger partial charge is 0.573 e. The molecular formula is C21H21F4NO3. The van der Waals surface area contributed by atoms with Crippen LogP contribution in [0.3, 0.4) is 0 Å². The molecule has 0 aliphatic carbocycles. The summed E-state index contributed by atoms with van der Waals surface area (Å²) in [5.74, 6) is -1.56. The molecule has 2 unspecified atom stereocenters. The third kappa shape index (κ3) is 4.39. The van der Waals surface area contributed by atoms with Gasteiger partial charge in [0.2, 0.25) is 0 Å². The van der Waals surface area contributed by atoms with Gasteiger partial charge in [0.05, 0.1) is 18.8 Å². The number of nitrogens with zero attached hydrogens (tertiary/aromatic N) is 1. The number of morpholine rings is 1. The number of rotatable bonds is 4. The molecular weight excluding hydrogens is 390 g/mol. The Hall–Kier alpha value is -2.16. The van der Waals surface area contributed by atoms with Crippen molar-refractivity contribution in [2.24, 2.45) is 0 Å². The van der Waals surface area contributed by atoms with Crippen LogP contribution in [0.5, 0.6) is 5.75 Å². The van der Waals surface area contributed by atoms with Crippen molar-refractivity contribution in [1.82, 2.24) is 4.90 Å². The fourth-order valence-electron chi connectivity index (χ4n) is 4.39. The van der Waals surface area contributed by atoms with Crippen molar-refractivity contribution in [2.75, 3.05) is 13.2 Å². The highest BCUT2D eigenvalue weighted by Gasteiger charge is 2.48. The van der Waals surface area contributed by atoms with Crippen molar-refractivity contribution in [3.63, 3.8) is 0 Å². The van der Waals surface area contributed by atoms with E-state index in [0.29, 0.717) is 25.8 Å². The molecule has 0 radical (unpaired) electrons. The zero-order valence-corrected chi connectivity index (χ0v) is 15.5. The van der Waals surface area contributed by atoms with Crippen LogP contribution in [0, 0.1) is 5.82 Å². The van der Waals surface area contributed by atoms with E-state index in [2.05, 4.69) is 9.64 Å². The number of hydrogen-bond donors (Lipinski definition) is 1. The van der Waals surface area contributed by atoms with E-state index in [9.17, 15) is 22.7 Å². The van der Waals surface area contributed by atoms with Gasteiger partial charge in [0.15, 0.2) is 0 Å². The van der Waals surface area contributed by atoms with Crippen LogP contribution in [0.2, 0.25) is 0 Å². The van der Waals surface area contributed by atoms with E-state index in [1.807, 2.05) is 30.3 Å². The first-order valence-corrected chi connectivity index (χ1v) is 9.39. The van der Waals surface area contributed by atoms with Gasteiger partial charge in [0.1, 0.15) is 11.6 Å². The highest BCUT2D eigenvalue weighted by Crippen LogP contribution is 2.43. The topological polar surface area (TPSA) is 41.9 Å². The Bertz CT molecular complexity index is 845. The maximum absolute atomic E-state index is 14.6. The van der Waals surface area contributed by atoms with Crippen molar-refractivity contribution in [2.45, 2.75) is 43.4 Å². The van der Waals surface area contributed by atoms with Gasteiger partial charge in [-0.15, -0.1) is 13.2 Å². The smallest absolute Gasteiger partial charge is 0.406 e. The van der Waals surface area contributed by atoms with E-state index in [-0.39, 0.29) is 30.5 Å². The molecule has 2 heterocycles. The molecule has 4 rings (SSSR count).